The zero-order valence-corrected chi connectivity index (χ0v) is 14.8. The van der Waals surface area contributed by atoms with Crippen LogP contribution in [0.15, 0.2) is 6.07 Å². The molecule has 1 rings (SSSR count). The second kappa shape index (κ2) is 7.71. The molecule has 4 nitrogen and oxygen atoms in total. The molecule has 0 radical (unpaired) electrons. The van der Waals surface area contributed by atoms with Gasteiger partial charge in [-0.2, -0.15) is 0 Å². The van der Waals surface area contributed by atoms with Gasteiger partial charge in [-0.1, -0.05) is 12.2 Å². The highest BCUT2D eigenvalue weighted by molar-refractivity contribution is 7.80. The van der Waals surface area contributed by atoms with E-state index < -0.39 is 0 Å². The van der Waals surface area contributed by atoms with Gasteiger partial charge in [0.25, 0.3) is 0 Å². The second-order valence-electron chi connectivity index (χ2n) is 5.99. The van der Waals surface area contributed by atoms with Gasteiger partial charge in [0.2, 0.25) is 0 Å². The van der Waals surface area contributed by atoms with E-state index in [1.54, 1.807) is 0 Å². The van der Waals surface area contributed by atoms with Crippen LogP contribution in [0.1, 0.15) is 44.6 Å². The lowest BCUT2D eigenvalue weighted by Crippen LogP contribution is -2.40. The first-order valence-electron chi connectivity index (χ1n) is 7.51. The Balaban J connectivity index is 2.82. The van der Waals surface area contributed by atoms with Crippen molar-refractivity contribution < 1.29 is 0 Å². The van der Waals surface area contributed by atoms with E-state index in [1.165, 1.54) is 0 Å². The molecule has 0 saturated heterocycles. The number of nitrogens with zero attached hydrogens (tertiary/aromatic N) is 2. The van der Waals surface area contributed by atoms with Crippen molar-refractivity contribution in [2.45, 2.75) is 53.6 Å². The van der Waals surface area contributed by atoms with Crippen molar-refractivity contribution >= 4 is 22.9 Å². The fraction of sp³-hybridized carbons (Fsp3) is 0.625. The number of aromatic nitrogens is 1. The summed E-state index contributed by atoms with van der Waals surface area (Å²) >= 11 is 5.15. The van der Waals surface area contributed by atoms with Crippen LogP contribution in [0, 0.1) is 13.8 Å². The minimum atomic E-state index is 0.395. The van der Waals surface area contributed by atoms with Crippen LogP contribution in [0.25, 0.3) is 0 Å². The summed E-state index contributed by atoms with van der Waals surface area (Å²) in [4.78, 5) is 7.29. The number of nitrogens with one attached hydrogen (secondary N) is 1. The number of anilines is 1. The lowest BCUT2D eigenvalue weighted by Gasteiger charge is -2.30. The van der Waals surface area contributed by atoms with Gasteiger partial charge in [0.1, 0.15) is 4.99 Å². The van der Waals surface area contributed by atoms with Crippen LogP contribution in [-0.2, 0) is 0 Å². The van der Waals surface area contributed by atoms with Crippen LogP contribution in [-0.4, -0.2) is 40.0 Å². The first-order valence-corrected chi connectivity index (χ1v) is 7.92. The molecule has 0 fully saturated rings. The predicted octanol–water partition coefficient (Wildman–Crippen LogP) is 2.86. The van der Waals surface area contributed by atoms with E-state index in [9.17, 15) is 0 Å². The van der Waals surface area contributed by atoms with Gasteiger partial charge in [0, 0.05) is 42.2 Å². The number of hydrogen-bond donors (Lipinski definition) is 2. The van der Waals surface area contributed by atoms with Gasteiger partial charge >= 0.3 is 0 Å². The number of hydrogen-bond acceptors (Lipinski definition) is 4. The maximum atomic E-state index is 5.83. The Labute approximate surface area is 134 Å². The predicted molar refractivity (Wildman–Crippen MR) is 95.1 cm³/mol. The summed E-state index contributed by atoms with van der Waals surface area (Å²) in [6, 6.07) is 3.07. The number of aryl methyl sites for hydroxylation is 2. The van der Waals surface area contributed by atoms with Crippen molar-refractivity contribution in [2.24, 2.45) is 5.73 Å². The highest BCUT2D eigenvalue weighted by atomic mass is 32.1. The molecule has 1 aromatic rings. The van der Waals surface area contributed by atoms with E-state index >= 15 is 0 Å². The second-order valence-corrected chi connectivity index (χ2v) is 6.43. The quantitative estimate of drug-likeness (QED) is 0.759. The van der Waals surface area contributed by atoms with Crippen molar-refractivity contribution in [3.05, 3.63) is 23.0 Å². The Morgan fingerprint density at radius 1 is 1.29 bits per heavy atom. The van der Waals surface area contributed by atoms with Crippen LogP contribution < -0.4 is 11.1 Å². The van der Waals surface area contributed by atoms with E-state index in [0.29, 0.717) is 17.1 Å². The Kier molecular flexibility index (Phi) is 6.55. The van der Waals surface area contributed by atoms with Crippen molar-refractivity contribution in [3.63, 3.8) is 0 Å². The smallest absolute Gasteiger partial charge is 0.107 e. The number of rotatable bonds is 7. The maximum absolute atomic E-state index is 5.83. The molecule has 0 aliphatic rings. The third-order valence-corrected chi connectivity index (χ3v) is 3.79. The molecular formula is C16H28N4S. The average Bonchev–Trinajstić information content (AvgIpc) is 2.31. The summed E-state index contributed by atoms with van der Waals surface area (Å²) in [7, 11) is 0. The van der Waals surface area contributed by atoms with Crippen LogP contribution in [0.3, 0.4) is 0 Å². The zero-order chi connectivity index (χ0) is 16.2. The number of nitrogens with two attached hydrogens (primary N) is 1. The first kappa shape index (κ1) is 17.9. The highest BCUT2D eigenvalue weighted by Gasteiger charge is 2.14. The monoisotopic (exact) mass is 308 g/mol. The molecule has 1 heterocycles. The van der Waals surface area contributed by atoms with Crippen molar-refractivity contribution in [1.29, 1.82) is 0 Å². The van der Waals surface area contributed by atoms with E-state index in [2.05, 4.69) is 42.9 Å². The Morgan fingerprint density at radius 2 is 1.86 bits per heavy atom. The van der Waals surface area contributed by atoms with Gasteiger partial charge in [-0.05, 0) is 47.6 Å². The zero-order valence-electron chi connectivity index (χ0n) is 14.0. The fourth-order valence-corrected chi connectivity index (χ4v) is 2.97. The Morgan fingerprint density at radius 3 is 2.33 bits per heavy atom. The molecule has 118 valence electrons. The van der Waals surface area contributed by atoms with Gasteiger partial charge in [0.05, 0.1) is 5.56 Å². The van der Waals surface area contributed by atoms with Gasteiger partial charge in [-0.25, -0.2) is 0 Å². The summed E-state index contributed by atoms with van der Waals surface area (Å²) in [5.41, 5.74) is 9.53. The van der Waals surface area contributed by atoms with Crippen molar-refractivity contribution in [1.82, 2.24) is 9.88 Å². The Bertz CT molecular complexity index is 489. The summed E-state index contributed by atoms with van der Waals surface area (Å²) < 4.78 is 0. The molecule has 0 atom stereocenters. The van der Waals surface area contributed by atoms with Gasteiger partial charge < -0.3 is 11.1 Å². The van der Waals surface area contributed by atoms with E-state index in [-0.39, 0.29) is 0 Å². The molecule has 0 aliphatic heterocycles. The third-order valence-electron chi connectivity index (χ3n) is 3.59. The molecule has 0 unspecified atom stereocenters. The largest absolute Gasteiger partial charge is 0.389 e. The molecule has 3 N–H and O–H groups in total. The summed E-state index contributed by atoms with van der Waals surface area (Å²) in [6.07, 6.45) is 0. The minimum absolute atomic E-state index is 0.395. The third kappa shape index (κ3) is 4.93. The van der Waals surface area contributed by atoms with Crippen LogP contribution in [0.2, 0.25) is 0 Å². The summed E-state index contributed by atoms with van der Waals surface area (Å²) in [6.45, 7) is 14.7. The molecule has 0 amide bonds. The first-order chi connectivity index (χ1) is 9.73. The van der Waals surface area contributed by atoms with E-state index in [0.717, 1.165) is 35.7 Å². The number of thiocarbonyl (C=S) groups is 1. The van der Waals surface area contributed by atoms with E-state index in [4.69, 9.17) is 18.0 Å². The Hall–Kier alpha value is -1.20. The average molecular weight is 308 g/mol. The normalized spacial score (nSPS) is 11.5. The minimum Gasteiger partial charge on any atom is -0.389 e. The molecule has 1 aromatic heterocycles. The van der Waals surface area contributed by atoms with Crippen molar-refractivity contribution in [2.75, 3.05) is 18.4 Å². The lowest BCUT2D eigenvalue weighted by atomic mass is 10.1. The molecule has 0 aliphatic carbocycles. The SMILES string of the molecule is Cc1cc(NCCN(C(C)C)C(C)C)c(C(N)=S)c(C)n1. The van der Waals surface area contributed by atoms with Gasteiger partial charge in [0.15, 0.2) is 0 Å². The molecule has 0 aromatic carbocycles. The highest BCUT2D eigenvalue weighted by Crippen LogP contribution is 2.19. The van der Waals surface area contributed by atoms with Crippen LogP contribution in [0.5, 0.6) is 0 Å². The molecule has 5 heteroatoms. The molecule has 0 saturated carbocycles. The molecule has 0 bridgehead atoms. The molecule has 0 spiro atoms. The number of pyridine rings is 1. The summed E-state index contributed by atoms with van der Waals surface area (Å²) in [5, 5.41) is 3.47. The lowest BCUT2D eigenvalue weighted by molar-refractivity contribution is 0.182. The van der Waals surface area contributed by atoms with Crippen molar-refractivity contribution in [3.8, 4) is 0 Å². The van der Waals surface area contributed by atoms with Crippen LogP contribution in [0.4, 0.5) is 5.69 Å². The van der Waals surface area contributed by atoms with Gasteiger partial charge in [-0.15, -0.1) is 0 Å². The standard InChI is InChI=1S/C16H28N4S/c1-10(2)20(11(3)4)8-7-18-14-9-12(5)19-13(6)15(14)16(17)21/h9-11H,7-8H2,1-6H3,(H2,17,21)(H,18,19). The van der Waals surface area contributed by atoms with E-state index in [1.807, 2.05) is 19.9 Å². The maximum Gasteiger partial charge on any atom is 0.107 e. The van der Waals surface area contributed by atoms with Crippen LogP contribution >= 0.6 is 12.2 Å². The van der Waals surface area contributed by atoms with Gasteiger partial charge in [-0.3, -0.25) is 9.88 Å². The fourth-order valence-electron chi connectivity index (χ4n) is 2.71. The molecule has 21 heavy (non-hydrogen) atoms. The molecular weight excluding hydrogens is 280 g/mol. The topological polar surface area (TPSA) is 54.2 Å². The summed E-state index contributed by atoms with van der Waals surface area (Å²) in [5.74, 6) is 0.